The minimum atomic E-state index is -2.40. The van der Waals surface area contributed by atoms with Gasteiger partial charge in [-0.15, -0.1) is 0 Å². The van der Waals surface area contributed by atoms with Gasteiger partial charge in [0.15, 0.2) is 26.8 Å². The largest absolute Gasteiger partial charge is 0.462 e. The molecule has 1 aliphatic heterocycles. The highest BCUT2D eigenvalue weighted by Crippen LogP contribution is 2.44. The van der Waals surface area contributed by atoms with Gasteiger partial charge in [-0.25, -0.2) is 9.59 Å². The lowest BCUT2D eigenvalue weighted by molar-refractivity contribution is -0.269. The average Bonchev–Trinajstić information content (AvgIpc) is 3.74. The molecule has 14 nitrogen and oxygen atoms in total. The second kappa shape index (κ2) is 32.3. The predicted molar refractivity (Wildman–Crippen MR) is 299 cm³/mol. The third-order valence-corrected chi connectivity index (χ3v) is 19.8. The number of esters is 3. The van der Waals surface area contributed by atoms with Crippen molar-refractivity contribution in [2.45, 2.75) is 230 Å². The number of aliphatic hydroxyl groups excluding tert-OH is 1. The first-order chi connectivity index (χ1) is 36.5. The molecule has 3 aromatic carbocycles. The number of benzene rings is 3. The van der Waals surface area contributed by atoms with Crippen LogP contribution < -0.4 is 11.1 Å². The number of unbranched alkanes of at least 4 members (excludes halogenated alkanes) is 14. The predicted octanol–water partition coefficient (Wildman–Crippen LogP) is 12.4. The molecule has 0 radical (unpaired) electrons. The van der Waals surface area contributed by atoms with Crippen LogP contribution in [0.2, 0.25) is 18.1 Å². The maximum absolute atomic E-state index is 14.1. The Balaban J connectivity index is 1.29. The third kappa shape index (κ3) is 20.0. The fourth-order valence-corrected chi connectivity index (χ4v) is 10.6. The van der Waals surface area contributed by atoms with Crippen LogP contribution in [0.1, 0.15) is 179 Å². The fraction of sp³-hybridized carbons (Fsp3) is 0.639. The number of aliphatic hydroxyl groups is 1. The molecule has 1 fully saturated rings. The molecule has 0 aromatic heterocycles. The maximum Gasteiger partial charge on any atom is 0.407 e. The van der Waals surface area contributed by atoms with Gasteiger partial charge in [-0.3, -0.25) is 9.59 Å². The highest BCUT2D eigenvalue weighted by molar-refractivity contribution is 6.74. The highest BCUT2D eigenvalue weighted by Gasteiger charge is 2.48. The average molecular weight is 1070 g/mol. The molecule has 1 amide bonds. The molecule has 7 atom stereocenters. The van der Waals surface area contributed by atoms with Crippen LogP contribution in [0.3, 0.4) is 0 Å². The molecule has 5 rings (SSSR count). The molecular weight excluding hydrogens is 981 g/mol. The van der Waals surface area contributed by atoms with Gasteiger partial charge in [0.25, 0.3) is 0 Å². The van der Waals surface area contributed by atoms with Gasteiger partial charge in [-0.1, -0.05) is 203 Å². The molecule has 76 heavy (non-hydrogen) atoms. The number of rotatable bonds is 34. The highest BCUT2D eigenvalue weighted by atomic mass is 28.4. The Labute approximate surface area is 455 Å². The van der Waals surface area contributed by atoms with Crippen molar-refractivity contribution in [3.8, 4) is 11.1 Å². The second-order valence-electron chi connectivity index (χ2n) is 22.4. The van der Waals surface area contributed by atoms with Crippen molar-refractivity contribution in [3.63, 3.8) is 0 Å². The Morgan fingerprint density at radius 1 is 0.711 bits per heavy atom. The molecule has 1 saturated heterocycles. The van der Waals surface area contributed by atoms with Crippen molar-refractivity contribution in [2.24, 2.45) is 5.73 Å². The zero-order valence-electron chi connectivity index (χ0n) is 46.9. The maximum atomic E-state index is 14.1. The van der Waals surface area contributed by atoms with E-state index in [1.165, 1.54) is 51.4 Å². The Bertz CT molecular complexity index is 2160. The lowest BCUT2D eigenvalue weighted by Gasteiger charge is -2.44. The van der Waals surface area contributed by atoms with Gasteiger partial charge >= 0.3 is 24.0 Å². The smallest absolute Gasteiger partial charge is 0.407 e. The van der Waals surface area contributed by atoms with Crippen LogP contribution >= 0.6 is 0 Å². The molecule has 1 heterocycles. The third-order valence-electron chi connectivity index (χ3n) is 15.3. The number of amides is 1. The van der Waals surface area contributed by atoms with Gasteiger partial charge in [0.1, 0.15) is 31.5 Å². The SMILES string of the molecule is CCCCCCCCCCC[C@H](CC(=O)OC1C(N)C(OC[C@@H](NC(=O)OCC2c3ccccc3-c3ccccc32)C(=O)OCc2ccccc2)OC(CO[Si](C)(C)C(C)(C)C)C1O)OC(=O)CCCCCCCCC. The van der Waals surface area contributed by atoms with E-state index in [1.807, 2.05) is 78.9 Å². The van der Waals surface area contributed by atoms with E-state index < -0.39 is 75.7 Å². The summed E-state index contributed by atoms with van der Waals surface area (Å²) in [4.78, 5) is 54.9. The van der Waals surface area contributed by atoms with Crippen molar-refractivity contribution >= 4 is 32.3 Å². The zero-order chi connectivity index (χ0) is 54.9. The van der Waals surface area contributed by atoms with Gasteiger partial charge in [0.2, 0.25) is 0 Å². The van der Waals surface area contributed by atoms with Crippen molar-refractivity contribution in [1.29, 1.82) is 0 Å². The van der Waals surface area contributed by atoms with Gasteiger partial charge in [0, 0.05) is 12.3 Å². The molecule has 1 aliphatic carbocycles. The van der Waals surface area contributed by atoms with Crippen molar-refractivity contribution in [2.75, 3.05) is 19.8 Å². The number of nitrogens with two attached hydrogens (primary N) is 1. The summed E-state index contributed by atoms with van der Waals surface area (Å²) in [6, 6.07) is 22.4. The first-order valence-corrected chi connectivity index (χ1v) is 31.5. The number of nitrogens with one attached hydrogen (secondary N) is 1. The van der Waals surface area contributed by atoms with E-state index in [0.717, 1.165) is 79.2 Å². The number of ether oxygens (including phenoxy) is 6. The van der Waals surface area contributed by atoms with E-state index in [-0.39, 0.29) is 49.6 Å². The van der Waals surface area contributed by atoms with E-state index in [1.54, 1.807) is 0 Å². The summed E-state index contributed by atoms with van der Waals surface area (Å²) in [5.41, 5.74) is 11.7. The van der Waals surface area contributed by atoms with Gasteiger partial charge < -0.3 is 49.0 Å². The molecule has 0 bridgehead atoms. The first-order valence-electron chi connectivity index (χ1n) is 28.6. The summed E-state index contributed by atoms with van der Waals surface area (Å²) in [5.74, 6) is -2.07. The summed E-state index contributed by atoms with van der Waals surface area (Å²) < 4.78 is 42.7. The van der Waals surface area contributed by atoms with E-state index in [0.29, 0.717) is 6.42 Å². The fourth-order valence-electron chi connectivity index (χ4n) is 9.59. The Hall–Kier alpha value is -4.64. The molecule has 422 valence electrons. The van der Waals surface area contributed by atoms with Crippen LogP contribution in [0.15, 0.2) is 78.9 Å². The topological polar surface area (TPSA) is 191 Å². The van der Waals surface area contributed by atoms with Crippen LogP contribution in [0.4, 0.5) is 4.79 Å². The van der Waals surface area contributed by atoms with Crippen LogP contribution in [0.25, 0.3) is 11.1 Å². The van der Waals surface area contributed by atoms with Crippen LogP contribution in [-0.4, -0.2) is 100 Å². The van der Waals surface area contributed by atoms with Crippen LogP contribution in [-0.2, 0) is 53.8 Å². The number of carbonyl (C=O) groups is 4. The molecular formula is C61H92N2O12Si. The molecule has 2 aliphatic rings. The summed E-state index contributed by atoms with van der Waals surface area (Å²) in [5, 5.41) is 14.4. The minimum absolute atomic E-state index is 0.00238. The van der Waals surface area contributed by atoms with Crippen LogP contribution in [0.5, 0.6) is 0 Å². The van der Waals surface area contributed by atoms with Crippen molar-refractivity contribution < 1.29 is 57.1 Å². The standard InChI is InChI=1S/C61H92N2O12Si/c1-8-10-12-14-16-17-19-20-25-33-45(73-53(64)38-26-21-18-15-13-11-9-2)39-54(65)75-57-55(62)59(74-52(56(57)66)43-72-76(6,7)61(3,4)5)70-42-51(58(67)69-40-44-31-23-22-24-32-44)63-60(68)71-41-50-48-36-29-27-34-46(48)47-35-28-30-37-49(47)50/h22-24,27-32,34-37,45,50-52,55-57,59,66H,8-21,25-26,33,38-43,62H2,1-7H3,(H,63,68)/t45-,51-,52?,55?,56?,57?,59?/m1/s1. The Morgan fingerprint density at radius 3 is 1.86 bits per heavy atom. The Kier molecular flexibility index (Phi) is 26.4. The van der Waals surface area contributed by atoms with Gasteiger partial charge in [0.05, 0.1) is 25.7 Å². The number of hydrogen-bond donors (Lipinski definition) is 3. The first kappa shape index (κ1) is 62.2. The van der Waals surface area contributed by atoms with E-state index in [2.05, 4.69) is 53.0 Å². The Morgan fingerprint density at radius 2 is 1.26 bits per heavy atom. The number of hydrogen-bond acceptors (Lipinski definition) is 13. The summed E-state index contributed by atoms with van der Waals surface area (Å²) in [6.45, 7) is 14.2. The summed E-state index contributed by atoms with van der Waals surface area (Å²) in [6.07, 6.45) is 11.2. The number of carbonyl (C=O) groups excluding carboxylic acids is 4. The molecule has 5 unspecified atom stereocenters. The van der Waals surface area contributed by atoms with E-state index in [4.69, 9.17) is 38.6 Å². The number of fused-ring (bicyclic) bond motifs is 3. The normalized spacial score (nSPS) is 19.2. The minimum Gasteiger partial charge on any atom is -0.462 e. The quantitative estimate of drug-likeness (QED) is 0.0222. The number of alkyl carbamates (subject to hydrolysis) is 1. The lowest BCUT2D eigenvalue weighted by atomic mass is 9.97. The molecule has 3 aromatic rings. The van der Waals surface area contributed by atoms with Gasteiger partial charge in [-0.2, -0.15) is 0 Å². The van der Waals surface area contributed by atoms with E-state index in [9.17, 15) is 24.3 Å². The van der Waals surface area contributed by atoms with Crippen molar-refractivity contribution in [3.05, 3.63) is 95.6 Å². The summed E-state index contributed by atoms with van der Waals surface area (Å²) >= 11 is 0. The van der Waals surface area contributed by atoms with Gasteiger partial charge in [-0.05, 0) is 65.2 Å². The monoisotopic (exact) mass is 1070 g/mol. The second-order valence-corrected chi connectivity index (χ2v) is 27.2. The summed E-state index contributed by atoms with van der Waals surface area (Å²) in [7, 11) is -2.40. The molecule has 0 saturated carbocycles. The van der Waals surface area contributed by atoms with Crippen LogP contribution in [0, 0.1) is 0 Å². The molecule has 0 spiro atoms. The lowest BCUT2D eigenvalue weighted by Crippen LogP contribution is -2.64. The van der Waals surface area contributed by atoms with E-state index >= 15 is 0 Å². The molecule has 4 N–H and O–H groups in total. The molecule has 15 heteroatoms. The zero-order valence-corrected chi connectivity index (χ0v) is 47.9. The van der Waals surface area contributed by atoms with Crippen molar-refractivity contribution in [1.82, 2.24) is 5.32 Å².